The number of rotatable bonds is 5. The highest BCUT2D eigenvalue weighted by Gasteiger charge is 2.31. The maximum atomic E-state index is 12.8. The smallest absolute Gasteiger partial charge is 0.286 e. The van der Waals surface area contributed by atoms with E-state index in [1.807, 2.05) is 71.6 Å². The summed E-state index contributed by atoms with van der Waals surface area (Å²) < 4.78 is 7.10. The van der Waals surface area contributed by atoms with E-state index in [2.05, 4.69) is 9.89 Å². The summed E-state index contributed by atoms with van der Waals surface area (Å²) >= 11 is 1.36. The van der Waals surface area contributed by atoms with E-state index in [4.69, 9.17) is 15.6 Å². The van der Waals surface area contributed by atoms with Gasteiger partial charge < -0.3 is 15.4 Å². The average molecular weight is 488 g/mol. The van der Waals surface area contributed by atoms with E-state index in [0.29, 0.717) is 36.0 Å². The first kappa shape index (κ1) is 22.9. The van der Waals surface area contributed by atoms with Crippen molar-refractivity contribution in [1.82, 2.24) is 14.7 Å². The quantitative estimate of drug-likeness (QED) is 0.551. The summed E-state index contributed by atoms with van der Waals surface area (Å²) in [5.74, 6) is 0.120. The number of thioether (sulfide) groups is 1. The van der Waals surface area contributed by atoms with E-state index in [9.17, 15) is 9.59 Å². The van der Waals surface area contributed by atoms with Gasteiger partial charge in [0.15, 0.2) is 5.17 Å². The summed E-state index contributed by atoms with van der Waals surface area (Å²) in [6.07, 6.45) is 5.12. The van der Waals surface area contributed by atoms with E-state index >= 15 is 0 Å². The van der Waals surface area contributed by atoms with Crippen LogP contribution in [-0.4, -0.2) is 51.9 Å². The van der Waals surface area contributed by atoms with Gasteiger partial charge in [0.05, 0.1) is 23.4 Å². The van der Waals surface area contributed by atoms with Crippen molar-refractivity contribution in [3.8, 4) is 22.7 Å². The van der Waals surface area contributed by atoms with Gasteiger partial charge in [0.1, 0.15) is 5.75 Å². The van der Waals surface area contributed by atoms with E-state index in [1.165, 1.54) is 11.8 Å². The van der Waals surface area contributed by atoms with Crippen LogP contribution in [-0.2, 0) is 9.59 Å². The number of methoxy groups -OCH3 is 1. The Morgan fingerprint density at radius 1 is 1.11 bits per heavy atom. The Bertz CT molecular complexity index is 1310. The van der Waals surface area contributed by atoms with Gasteiger partial charge in [-0.3, -0.25) is 9.59 Å². The number of amides is 2. The molecule has 0 spiro atoms. The molecule has 0 radical (unpaired) electrons. The van der Waals surface area contributed by atoms with Gasteiger partial charge in [-0.1, -0.05) is 18.2 Å². The molecule has 0 aliphatic carbocycles. The number of nitrogens with zero attached hydrogens (tertiary/aromatic N) is 4. The van der Waals surface area contributed by atoms with Crippen LogP contribution in [0.5, 0.6) is 5.75 Å². The molecule has 2 N–H and O–H groups in total. The Balaban J connectivity index is 1.44. The fraction of sp³-hybridized carbons (Fsp3) is 0.231. The number of ether oxygens (including phenoxy) is 1. The Kier molecular flexibility index (Phi) is 6.41. The van der Waals surface area contributed by atoms with Crippen LogP contribution in [0.3, 0.4) is 0 Å². The minimum Gasteiger partial charge on any atom is -0.497 e. The maximum Gasteiger partial charge on any atom is 0.286 e. The maximum absolute atomic E-state index is 12.8. The van der Waals surface area contributed by atoms with Crippen molar-refractivity contribution < 1.29 is 14.3 Å². The molecule has 0 bridgehead atoms. The second-order valence-electron chi connectivity index (χ2n) is 8.42. The molecule has 35 heavy (non-hydrogen) atoms. The van der Waals surface area contributed by atoms with Crippen LogP contribution in [0, 0.1) is 5.92 Å². The normalized spacial score (nSPS) is 17.6. The zero-order chi connectivity index (χ0) is 24.4. The number of piperidine rings is 1. The predicted molar refractivity (Wildman–Crippen MR) is 137 cm³/mol. The van der Waals surface area contributed by atoms with Crippen LogP contribution in [0.15, 0.2) is 70.7 Å². The molecule has 1 aromatic heterocycles. The van der Waals surface area contributed by atoms with Gasteiger partial charge in [-0.15, -0.1) is 0 Å². The zero-order valence-corrected chi connectivity index (χ0v) is 20.1. The van der Waals surface area contributed by atoms with Crippen molar-refractivity contribution in [1.29, 1.82) is 0 Å². The molecule has 1 saturated heterocycles. The zero-order valence-electron chi connectivity index (χ0n) is 19.3. The third-order valence-corrected chi connectivity index (χ3v) is 7.23. The molecule has 8 nitrogen and oxygen atoms in total. The largest absolute Gasteiger partial charge is 0.497 e. The number of carbonyl (C=O) groups is 2. The van der Waals surface area contributed by atoms with Crippen molar-refractivity contribution in [2.24, 2.45) is 16.6 Å². The summed E-state index contributed by atoms with van der Waals surface area (Å²) in [4.78, 5) is 31.1. The number of aromatic nitrogens is 2. The molecule has 2 amide bonds. The number of carbonyl (C=O) groups excluding carboxylic acids is 2. The number of benzene rings is 2. The lowest BCUT2D eigenvalue weighted by Gasteiger charge is -2.31. The number of nitrogens with two attached hydrogens (primary N) is 1. The highest BCUT2D eigenvalue weighted by molar-refractivity contribution is 8.18. The van der Waals surface area contributed by atoms with Crippen LogP contribution >= 0.6 is 11.8 Å². The molecule has 0 saturated carbocycles. The number of primary amides is 1. The Hall–Kier alpha value is -3.85. The van der Waals surface area contributed by atoms with E-state index in [0.717, 1.165) is 28.3 Å². The number of amidine groups is 1. The molecule has 5 rings (SSSR count). The fourth-order valence-electron chi connectivity index (χ4n) is 4.21. The number of para-hydroxylation sites is 1. The second kappa shape index (κ2) is 9.79. The molecule has 0 atom stereocenters. The third-order valence-electron chi connectivity index (χ3n) is 6.19. The first-order valence-corrected chi connectivity index (χ1v) is 12.2. The summed E-state index contributed by atoms with van der Waals surface area (Å²) in [6, 6.07) is 17.5. The number of hydrogen-bond donors (Lipinski definition) is 1. The Labute approximate surface area is 207 Å². The Morgan fingerprint density at radius 3 is 2.49 bits per heavy atom. The SMILES string of the molecule is COc1ccc(-c2nn(-c3ccccc3)cc2C=C2SC(N3CCC(C(N)=O)CC3)=NC2=O)cc1. The molecule has 3 aromatic rings. The standard InChI is InChI=1S/C26H25N5O3S/c1-34-21-9-7-17(8-10-21)23-19(16-31(29-23)20-5-3-2-4-6-20)15-22-25(33)28-26(35-22)30-13-11-18(12-14-30)24(27)32/h2-10,15-16,18H,11-14H2,1H3,(H2,27,32). The van der Waals surface area contributed by atoms with Gasteiger partial charge in [0.2, 0.25) is 5.91 Å². The van der Waals surface area contributed by atoms with Gasteiger partial charge in [0, 0.05) is 36.3 Å². The number of likely N-dealkylation sites (tertiary alicyclic amines) is 1. The lowest BCUT2D eigenvalue weighted by Crippen LogP contribution is -2.40. The molecule has 2 aliphatic heterocycles. The van der Waals surface area contributed by atoms with Crippen LogP contribution in [0.25, 0.3) is 23.0 Å². The summed E-state index contributed by atoms with van der Waals surface area (Å²) in [5, 5.41) is 5.50. The van der Waals surface area contributed by atoms with Gasteiger partial charge in [0.25, 0.3) is 5.91 Å². The highest BCUT2D eigenvalue weighted by atomic mass is 32.2. The number of hydrogen-bond acceptors (Lipinski definition) is 6. The predicted octanol–water partition coefficient (Wildman–Crippen LogP) is 3.72. The van der Waals surface area contributed by atoms with Gasteiger partial charge in [-0.25, -0.2) is 4.68 Å². The van der Waals surface area contributed by atoms with Gasteiger partial charge in [-0.05, 0) is 67.1 Å². The molecular weight excluding hydrogens is 462 g/mol. The average Bonchev–Trinajstić information content (AvgIpc) is 3.48. The van der Waals surface area contributed by atoms with Gasteiger partial charge >= 0.3 is 0 Å². The van der Waals surface area contributed by atoms with Crippen molar-refractivity contribution in [2.75, 3.05) is 20.2 Å². The molecule has 9 heteroatoms. The van der Waals surface area contributed by atoms with Crippen LogP contribution < -0.4 is 10.5 Å². The van der Waals surface area contributed by atoms with Gasteiger partial charge in [-0.2, -0.15) is 10.1 Å². The first-order valence-electron chi connectivity index (χ1n) is 11.4. The van der Waals surface area contributed by atoms with Crippen molar-refractivity contribution in [2.45, 2.75) is 12.8 Å². The third kappa shape index (κ3) is 4.85. The van der Waals surface area contributed by atoms with E-state index in [1.54, 1.807) is 7.11 Å². The lowest BCUT2D eigenvalue weighted by molar-refractivity contribution is -0.123. The monoisotopic (exact) mass is 487 g/mol. The topological polar surface area (TPSA) is 103 Å². The Morgan fingerprint density at radius 2 is 1.83 bits per heavy atom. The first-order chi connectivity index (χ1) is 17.0. The molecule has 0 unspecified atom stereocenters. The number of aliphatic imine (C=N–C) groups is 1. The van der Waals surface area contributed by atoms with Crippen LogP contribution in [0.2, 0.25) is 0 Å². The fourth-order valence-corrected chi connectivity index (χ4v) is 5.16. The van der Waals surface area contributed by atoms with E-state index < -0.39 is 0 Å². The molecule has 2 aliphatic rings. The molecule has 178 valence electrons. The molecule has 2 aromatic carbocycles. The highest BCUT2D eigenvalue weighted by Crippen LogP contribution is 2.34. The molecule has 3 heterocycles. The molecule has 1 fully saturated rings. The van der Waals surface area contributed by atoms with Crippen LogP contribution in [0.4, 0.5) is 0 Å². The molecular formula is C26H25N5O3S. The van der Waals surface area contributed by atoms with Crippen molar-refractivity contribution in [3.05, 3.63) is 71.3 Å². The van der Waals surface area contributed by atoms with Crippen molar-refractivity contribution in [3.63, 3.8) is 0 Å². The minimum absolute atomic E-state index is 0.111. The van der Waals surface area contributed by atoms with Crippen LogP contribution in [0.1, 0.15) is 18.4 Å². The van der Waals surface area contributed by atoms with Crippen molar-refractivity contribution >= 4 is 34.8 Å². The minimum atomic E-state index is -0.268. The summed E-state index contributed by atoms with van der Waals surface area (Å²) in [6.45, 7) is 1.31. The summed E-state index contributed by atoms with van der Waals surface area (Å²) in [5.41, 5.74) is 8.86. The lowest BCUT2D eigenvalue weighted by atomic mass is 9.97. The second-order valence-corrected chi connectivity index (χ2v) is 9.42. The van der Waals surface area contributed by atoms with E-state index in [-0.39, 0.29) is 17.7 Å². The summed E-state index contributed by atoms with van der Waals surface area (Å²) in [7, 11) is 1.63.